The molecule has 24 heavy (non-hydrogen) atoms. The number of nitrogens with zero attached hydrogens (tertiary/aromatic N) is 4. The molecule has 3 heterocycles. The van der Waals surface area contributed by atoms with Crippen LogP contribution in [0.3, 0.4) is 0 Å². The van der Waals surface area contributed by atoms with Crippen LogP contribution in [0.25, 0.3) is 11.2 Å². The molecule has 0 aromatic carbocycles. The predicted molar refractivity (Wildman–Crippen MR) is 93.4 cm³/mol. The van der Waals surface area contributed by atoms with Gasteiger partial charge >= 0.3 is 5.69 Å². The van der Waals surface area contributed by atoms with E-state index in [2.05, 4.69) is 20.8 Å². The van der Waals surface area contributed by atoms with Gasteiger partial charge in [0.2, 0.25) is 0 Å². The lowest BCUT2D eigenvalue weighted by molar-refractivity contribution is -0.920. The number of piperidine rings is 1. The Balaban J connectivity index is 2.13. The second-order valence-corrected chi connectivity index (χ2v) is 7.48. The molecule has 3 rings (SSSR count). The maximum Gasteiger partial charge on any atom is 0.332 e. The largest absolute Gasteiger partial charge is 0.332 e. The molecule has 1 aliphatic rings. The van der Waals surface area contributed by atoms with Gasteiger partial charge in [0.1, 0.15) is 6.54 Å². The van der Waals surface area contributed by atoms with Gasteiger partial charge < -0.3 is 9.47 Å². The Morgan fingerprint density at radius 2 is 1.79 bits per heavy atom. The van der Waals surface area contributed by atoms with Crippen molar-refractivity contribution >= 4 is 11.2 Å². The van der Waals surface area contributed by atoms with Gasteiger partial charge in [0.25, 0.3) is 5.56 Å². The molecule has 0 aliphatic carbocycles. The Morgan fingerprint density at radius 3 is 2.38 bits per heavy atom. The van der Waals surface area contributed by atoms with Crippen molar-refractivity contribution in [3.8, 4) is 0 Å². The number of fused-ring (bicyclic) bond motifs is 1. The van der Waals surface area contributed by atoms with Crippen LogP contribution in [0.4, 0.5) is 0 Å². The second kappa shape index (κ2) is 6.20. The van der Waals surface area contributed by atoms with E-state index in [0.29, 0.717) is 11.2 Å². The molecular formula is C17H28N5O2+. The van der Waals surface area contributed by atoms with E-state index in [9.17, 15) is 9.59 Å². The third-order valence-electron chi connectivity index (χ3n) is 5.27. The van der Waals surface area contributed by atoms with Crippen LogP contribution in [0.2, 0.25) is 0 Å². The summed E-state index contributed by atoms with van der Waals surface area (Å²) in [7, 11) is 3.21. The van der Waals surface area contributed by atoms with Gasteiger partial charge in [0.05, 0.1) is 13.1 Å². The normalized spacial score (nSPS) is 21.8. The molecule has 1 fully saturated rings. The Hall–Kier alpha value is -1.89. The van der Waals surface area contributed by atoms with Crippen LogP contribution in [0.15, 0.2) is 9.59 Å². The summed E-state index contributed by atoms with van der Waals surface area (Å²) in [5.41, 5.74) is 0.445. The number of aromatic nitrogens is 4. The lowest BCUT2D eigenvalue weighted by atomic mass is 9.99. The average molecular weight is 334 g/mol. The SMILES string of the molecule is CC1CC[NH+](Cc2nc3c(c(=O)n(C)c(=O)n3C)n2C(C)C)CC1. The molecular weight excluding hydrogens is 306 g/mol. The smallest absolute Gasteiger partial charge is 0.329 e. The summed E-state index contributed by atoms with van der Waals surface area (Å²) in [6.45, 7) is 9.50. The number of nitrogens with one attached hydrogen (secondary N) is 1. The highest BCUT2D eigenvalue weighted by Gasteiger charge is 2.25. The molecule has 1 saturated heterocycles. The van der Waals surface area contributed by atoms with Crippen molar-refractivity contribution in [3.05, 3.63) is 26.7 Å². The Morgan fingerprint density at radius 1 is 1.17 bits per heavy atom. The summed E-state index contributed by atoms with van der Waals surface area (Å²) in [5.74, 6) is 1.70. The van der Waals surface area contributed by atoms with E-state index in [4.69, 9.17) is 4.98 Å². The van der Waals surface area contributed by atoms with Crippen LogP contribution in [0.1, 0.15) is 45.5 Å². The van der Waals surface area contributed by atoms with Gasteiger partial charge in [-0.1, -0.05) is 6.92 Å². The van der Waals surface area contributed by atoms with Crippen LogP contribution in [0, 0.1) is 5.92 Å². The standard InChI is InChI=1S/C17H27N5O2/c1-11(2)22-13(10-21-8-6-12(3)7-9-21)18-15-14(22)16(23)20(5)17(24)19(15)4/h11-12H,6-10H2,1-5H3/p+1. The van der Waals surface area contributed by atoms with Crippen molar-refractivity contribution in [2.45, 2.75) is 46.2 Å². The van der Waals surface area contributed by atoms with Gasteiger partial charge in [-0.25, -0.2) is 9.78 Å². The van der Waals surface area contributed by atoms with Crippen LogP contribution in [-0.4, -0.2) is 31.8 Å². The first-order chi connectivity index (χ1) is 11.3. The van der Waals surface area contributed by atoms with Crippen LogP contribution in [-0.2, 0) is 20.6 Å². The number of hydrogen-bond donors (Lipinski definition) is 1. The summed E-state index contributed by atoms with van der Waals surface area (Å²) < 4.78 is 4.66. The highest BCUT2D eigenvalue weighted by atomic mass is 16.2. The Labute approximate surface area is 141 Å². The van der Waals surface area contributed by atoms with Crippen LogP contribution < -0.4 is 16.1 Å². The summed E-state index contributed by atoms with van der Waals surface area (Å²) in [4.78, 5) is 31.1. The van der Waals surface area contributed by atoms with Crippen LogP contribution in [0.5, 0.6) is 0 Å². The van der Waals surface area contributed by atoms with Gasteiger partial charge in [0.15, 0.2) is 17.0 Å². The van der Waals surface area contributed by atoms with E-state index in [-0.39, 0.29) is 17.3 Å². The first kappa shape index (κ1) is 17.0. The van der Waals surface area contributed by atoms with Crippen molar-refractivity contribution in [3.63, 3.8) is 0 Å². The number of hydrogen-bond acceptors (Lipinski definition) is 3. The highest BCUT2D eigenvalue weighted by molar-refractivity contribution is 5.71. The average Bonchev–Trinajstić information content (AvgIpc) is 2.92. The Kier molecular flexibility index (Phi) is 4.38. The predicted octanol–water partition coefficient (Wildman–Crippen LogP) is -0.171. The lowest BCUT2D eigenvalue weighted by Gasteiger charge is -2.27. The third kappa shape index (κ3) is 2.70. The van der Waals surface area contributed by atoms with E-state index in [1.165, 1.54) is 33.9 Å². The fraction of sp³-hybridized carbons (Fsp3) is 0.706. The van der Waals surface area contributed by atoms with E-state index in [0.717, 1.165) is 31.4 Å². The first-order valence-electron chi connectivity index (χ1n) is 8.81. The monoisotopic (exact) mass is 334 g/mol. The zero-order valence-electron chi connectivity index (χ0n) is 15.3. The summed E-state index contributed by atoms with van der Waals surface area (Å²) in [6, 6.07) is 0.123. The number of rotatable bonds is 3. The second-order valence-electron chi connectivity index (χ2n) is 7.48. The van der Waals surface area contributed by atoms with Gasteiger partial charge in [-0.15, -0.1) is 0 Å². The molecule has 7 heteroatoms. The van der Waals surface area contributed by atoms with Gasteiger partial charge in [-0.3, -0.25) is 13.9 Å². The molecule has 2 aromatic rings. The minimum Gasteiger partial charge on any atom is -0.329 e. The number of quaternary nitrogens is 1. The molecule has 1 aliphatic heterocycles. The molecule has 7 nitrogen and oxygen atoms in total. The molecule has 0 atom stereocenters. The van der Waals surface area contributed by atoms with Crippen molar-refractivity contribution in [2.24, 2.45) is 20.0 Å². The topological polar surface area (TPSA) is 66.3 Å². The minimum atomic E-state index is -0.327. The third-order valence-corrected chi connectivity index (χ3v) is 5.27. The summed E-state index contributed by atoms with van der Waals surface area (Å²) in [6.07, 6.45) is 2.47. The lowest BCUT2D eigenvalue weighted by Crippen LogP contribution is -3.11. The number of aryl methyl sites for hydroxylation is 1. The van der Waals surface area contributed by atoms with Crippen molar-refractivity contribution in [1.82, 2.24) is 18.7 Å². The summed E-state index contributed by atoms with van der Waals surface area (Å²) in [5, 5.41) is 0. The maximum absolute atomic E-state index is 12.7. The fourth-order valence-electron chi connectivity index (χ4n) is 3.71. The van der Waals surface area contributed by atoms with Gasteiger partial charge in [-0.05, 0) is 32.6 Å². The van der Waals surface area contributed by atoms with Crippen molar-refractivity contribution in [1.29, 1.82) is 0 Å². The van der Waals surface area contributed by atoms with E-state index >= 15 is 0 Å². The maximum atomic E-state index is 12.7. The molecule has 0 unspecified atom stereocenters. The summed E-state index contributed by atoms with van der Waals surface area (Å²) >= 11 is 0. The van der Waals surface area contributed by atoms with Crippen LogP contribution >= 0.6 is 0 Å². The minimum absolute atomic E-state index is 0.123. The number of imidazole rings is 1. The fourth-order valence-corrected chi connectivity index (χ4v) is 3.71. The molecule has 0 amide bonds. The van der Waals surface area contributed by atoms with Gasteiger partial charge in [0, 0.05) is 20.1 Å². The molecule has 1 N–H and O–H groups in total. The quantitative estimate of drug-likeness (QED) is 0.847. The van der Waals surface area contributed by atoms with E-state index in [1.807, 2.05) is 4.57 Å². The molecule has 132 valence electrons. The molecule has 0 spiro atoms. The van der Waals surface area contributed by atoms with Crippen molar-refractivity contribution in [2.75, 3.05) is 13.1 Å². The first-order valence-corrected chi connectivity index (χ1v) is 8.81. The Bertz CT molecular complexity index is 866. The highest BCUT2D eigenvalue weighted by Crippen LogP contribution is 2.17. The van der Waals surface area contributed by atoms with Gasteiger partial charge in [-0.2, -0.15) is 0 Å². The molecule has 0 radical (unpaired) electrons. The molecule has 0 bridgehead atoms. The number of likely N-dealkylation sites (tertiary alicyclic amines) is 1. The zero-order chi connectivity index (χ0) is 17.6. The van der Waals surface area contributed by atoms with E-state index < -0.39 is 0 Å². The molecule has 2 aromatic heterocycles. The van der Waals surface area contributed by atoms with Crippen molar-refractivity contribution < 1.29 is 4.90 Å². The van der Waals surface area contributed by atoms with E-state index in [1.54, 1.807) is 7.05 Å². The zero-order valence-corrected chi connectivity index (χ0v) is 15.3. The molecule has 0 saturated carbocycles.